The summed E-state index contributed by atoms with van der Waals surface area (Å²) in [7, 11) is 1.83. The maximum atomic E-state index is 13.4. The number of ether oxygens (including phenoxy) is 1. The number of likely N-dealkylation sites (tertiary alicyclic amines) is 1. The van der Waals surface area contributed by atoms with Crippen LogP contribution in [0.4, 0.5) is 4.79 Å². The first kappa shape index (κ1) is 24.7. The van der Waals surface area contributed by atoms with E-state index in [4.69, 9.17) is 4.74 Å². The molecule has 0 aliphatic carbocycles. The SMILES string of the molecule is Cc1c(O)c(-c2ncc3c(=O)n([C@@H]4CCN(C(=O)OC(C)(C)C)[C@@H](C)C4)ccc3n2)cc2cn(C)nc12. The summed E-state index contributed by atoms with van der Waals surface area (Å²) < 4.78 is 8.96. The molecule has 1 amide bonds. The third-order valence-corrected chi connectivity index (χ3v) is 6.91. The Morgan fingerprint density at radius 1 is 1.27 bits per heavy atom. The van der Waals surface area contributed by atoms with Gasteiger partial charge in [-0.15, -0.1) is 0 Å². The minimum absolute atomic E-state index is 0.0510. The van der Waals surface area contributed by atoms with E-state index in [2.05, 4.69) is 15.1 Å². The highest BCUT2D eigenvalue weighted by Gasteiger charge is 2.33. The number of fused-ring (bicyclic) bond motifs is 2. The number of aromatic hydroxyl groups is 1. The van der Waals surface area contributed by atoms with Crippen LogP contribution in [-0.4, -0.2) is 58.6 Å². The van der Waals surface area contributed by atoms with Gasteiger partial charge in [0.2, 0.25) is 0 Å². The van der Waals surface area contributed by atoms with Crippen molar-refractivity contribution < 1.29 is 14.6 Å². The summed E-state index contributed by atoms with van der Waals surface area (Å²) in [4.78, 5) is 36.8. The summed E-state index contributed by atoms with van der Waals surface area (Å²) in [5, 5.41) is 16.5. The average molecular weight is 505 g/mol. The molecule has 2 atom stereocenters. The predicted molar refractivity (Wildman–Crippen MR) is 141 cm³/mol. The number of aryl methyl sites for hydroxylation is 2. The largest absolute Gasteiger partial charge is 0.507 e. The van der Waals surface area contributed by atoms with Crippen LogP contribution in [0, 0.1) is 6.92 Å². The van der Waals surface area contributed by atoms with Gasteiger partial charge in [-0.2, -0.15) is 5.10 Å². The Morgan fingerprint density at radius 3 is 2.73 bits per heavy atom. The van der Waals surface area contributed by atoms with Crippen molar-refractivity contribution in [2.75, 3.05) is 6.54 Å². The molecule has 5 rings (SSSR count). The number of phenols is 1. The molecular weight excluding hydrogens is 472 g/mol. The maximum absolute atomic E-state index is 13.4. The second-order valence-electron chi connectivity index (χ2n) is 10.9. The van der Waals surface area contributed by atoms with Gasteiger partial charge in [0, 0.05) is 55.2 Å². The van der Waals surface area contributed by atoms with E-state index < -0.39 is 5.60 Å². The standard InChI is InChI=1S/C27H32N6O4/c1-15-11-18(7-9-32(15)26(36)37-27(3,4)5)33-10-8-21-20(25(33)35)13-28-24(29-21)19-12-17-14-31(6)30-22(17)16(2)23(19)34/h8,10,12-15,18,34H,7,9,11H2,1-6H3/t15-,18+/m0/s1. The van der Waals surface area contributed by atoms with Crippen molar-refractivity contribution in [3.05, 3.63) is 46.6 Å². The van der Waals surface area contributed by atoms with E-state index >= 15 is 0 Å². The molecule has 3 aromatic heterocycles. The minimum Gasteiger partial charge on any atom is -0.507 e. The first-order chi connectivity index (χ1) is 17.4. The second kappa shape index (κ2) is 8.86. The van der Waals surface area contributed by atoms with Gasteiger partial charge < -0.3 is 19.3 Å². The van der Waals surface area contributed by atoms with E-state index in [9.17, 15) is 14.7 Å². The topological polar surface area (TPSA) is 115 Å². The number of hydrogen-bond donors (Lipinski definition) is 1. The summed E-state index contributed by atoms with van der Waals surface area (Å²) in [5.74, 6) is 0.417. The van der Waals surface area contributed by atoms with Gasteiger partial charge in [-0.25, -0.2) is 14.8 Å². The van der Waals surface area contributed by atoms with Gasteiger partial charge in [-0.05, 0) is 59.6 Å². The van der Waals surface area contributed by atoms with E-state index in [0.717, 1.165) is 10.9 Å². The van der Waals surface area contributed by atoms with Gasteiger partial charge in [0.1, 0.15) is 11.4 Å². The quantitative estimate of drug-likeness (QED) is 0.432. The molecular formula is C27H32N6O4. The Morgan fingerprint density at radius 2 is 2.03 bits per heavy atom. The van der Waals surface area contributed by atoms with Crippen molar-refractivity contribution in [1.29, 1.82) is 0 Å². The molecule has 4 aromatic rings. The third-order valence-electron chi connectivity index (χ3n) is 6.91. The Balaban J connectivity index is 1.43. The molecule has 1 aliphatic rings. The zero-order chi connectivity index (χ0) is 26.6. The van der Waals surface area contributed by atoms with E-state index in [1.165, 1.54) is 6.20 Å². The van der Waals surface area contributed by atoms with Gasteiger partial charge in [0.05, 0.1) is 22.0 Å². The molecule has 1 aliphatic heterocycles. The van der Waals surface area contributed by atoms with E-state index in [0.29, 0.717) is 47.2 Å². The van der Waals surface area contributed by atoms with Crippen LogP contribution < -0.4 is 5.56 Å². The van der Waals surface area contributed by atoms with Crippen molar-refractivity contribution in [3.8, 4) is 17.1 Å². The number of nitrogens with zero attached hydrogens (tertiary/aromatic N) is 6. The monoisotopic (exact) mass is 504 g/mol. The van der Waals surface area contributed by atoms with Gasteiger partial charge in [-0.1, -0.05) is 0 Å². The van der Waals surface area contributed by atoms with Gasteiger partial charge in [0.25, 0.3) is 5.56 Å². The lowest BCUT2D eigenvalue weighted by Crippen LogP contribution is -2.47. The lowest BCUT2D eigenvalue weighted by molar-refractivity contribution is 0.00773. The van der Waals surface area contributed by atoms with E-state index in [1.807, 2.05) is 53.9 Å². The number of aromatic nitrogens is 5. The normalized spacial score (nSPS) is 18.5. The zero-order valence-corrected chi connectivity index (χ0v) is 22.0. The fraction of sp³-hybridized carbons (Fsp3) is 0.444. The van der Waals surface area contributed by atoms with Crippen LogP contribution in [0.2, 0.25) is 0 Å². The highest BCUT2D eigenvalue weighted by molar-refractivity contribution is 5.90. The fourth-order valence-corrected chi connectivity index (χ4v) is 5.07. The molecule has 0 unspecified atom stereocenters. The summed E-state index contributed by atoms with van der Waals surface area (Å²) in [5.41, 5.74) is 1.65. The number of piperidine rings is 1. The van der Waals surface area contributed by atoms with Crippen LogP contribution in [0.1, 0.15) is 52.1 Å². The number of hydrogen-bond acceptors (Lipinski definition) is 7. The van der Waals surface area contributed by atoms with Gasteiger partial charge in [0.15, 0.2) is 5.82 Å². The van der Waals surface area contributed by atoms with Crippen molar-refractivity contribution in [2.24, 2.45) is 7.05 Å². The molecule has 4 heterocycles. The number of rotatable bonds is 2. The average Bonchev–Trinajstić information content (AvgIpc) is 3.20. The summed E-state index contributed by atoms with van der Waals surface area (Å²) >= 11 is 0. The number of carbonyl (C=O) groups excluding carboxylic acids is 1. The lowest BCUT2D eigenvalue weighted by Gasteiger charge is -2.38. The number of phenolic OH excluding ortho intramolecular Hbond substituents is 1. The molecule has 0 saturated carbocycles. The van der Waals surface area contributed by atoms with Crippen LogP contribution in [-0.2, 0) is 11.8 Å². The first-order valence-corrected chi connectivity index (χ1v) is 12.5. The molecule has 37 heavy (non-hydrogen) atoms. The Kier molecular flexibility index (Phi) is 5.92. The smallest absolute Gasteiger partial charge is 0.410 e. The third kappa shape index (κ3) is 4.52. The van der Waals surface area contributed by atoms with Gasteiger partial charge in [-0.3, -0.25) is 9.48 Å². The van der Waals surface area contributed by atoms with Crippen LogP contribution in [0.15, 0.2) is 35.5 Å². The predicted octanol–water partition coefficient (Wildman–Crippen LogP) is 4.32. The number of amides is 1. The molecule has 194 valence electrons. The van der Waals surface area contributed by atoms with Crippen LogP contribution in [0.5, 0.6) is 5.75 Å². The van der Waals surface area contributed by atoms with Crippen LogP contribution >= 0.6 is 0 Å². The summed E-state index contributed by atoms with van der Waals surface area (Å²) in [6.07, 6.45) is 6.12. The molecule has 1 N–H and O–H groups in total. The van der Waals surface area contributed by atoms with Crippen molar-refractivity contribution in [3.63, 3.8) is 0 Å². The van der Waals surface area contributed by atoms with Crippen LogP contribution in [0.3, 0.4) is 0 Å². The van der Waals surface area contributed by atoms with Crippen molar-refractivity contribution >= 4 is 27.9 Å². The fourth-order valence-electron chi connectivity index (χ4n) is 5.07. The molecule has 10 heteroatoms. The zero-order valence-electron chi connectivity index (χ0n) is 22.0. The Labute approximate surface area is 214 Å². The molecule has 1 fully saturated rings. The molecule has 0 spiro atoms. The Hall–Kier alpha value is -3.95. The first-order valence-electron chi connectivity index (χ1n) is 12.5. The maximum Gasteiger partial charge on any atom is 0.410 e. The second-order valence-corrected chi connectivity index (χ2v) is 10.9. The number of pyridine rings is 1. The minimum atomic E-state index is -0.555. The number of benzene rings is 1. The number of carbonyl (C=O) groups is 1. The lowest BCUT2D eigenvalue weighted by atomic mass is 9.98. The molecule has 10 nitrogen and oxygen atoms in total. The summed E-state index contributed by atoms with van der Waals surface area (Å²) in [6, 6.07) is 3.50. The summed E-state index contributed by atoms with van der Waals surface area (Å²) in [6.45, 7) is 9.85. The molecule has 0 radical (unpaired) electrons. The van der Waals surface area contributed by atoms with E-state index in [-0.39, 0.29) is 29.5 Å². The van der Waals surface area contributed by atoms with Crippen molar-refractivity contribution in [2.45, 2.75) is 65.1 Å². The highest BCUT2D eigenvalue weighted by Crippen LogP contribution is 2.35. The van der Waals surface area contributed by atoms with E-state index in [1.54, 1.807) is 26.4 Å². The van der Waals surface area contributed by atoms with Crippen molar-refractivity contribution in [1.82, 2.24) is 29.2 Å². The molecule has 1 aromatic carbocycles. The molecule has 0 bridgehead atoms. The molecule has 1 saturated heterocycles. The van der Waals surface area contributed by atoms with Gasteiger partial charge >= 0.3 is 6.09 Å². The highest BCUT2D eigenvalue weighted by atomic mass is 16.6. The van der Waals surface area contributed by atoms with Crippen LogP contribution in [0.25, 0.3) is 33.2 Å². The Bertz CT molecular complexity index is 1580.